The SMILES string of the molecule is O=C(CC1CCCC1)c1ccncc1Cc1ccc(I)cc1F. The molecule has 0 unspecified atom stereocenters. The molecule has 0 radical (unpaired) electrons. The standard InChI is InChI=1S/C19H19FINO/c20-18-11-16(21)6-5-14(18)10-15-12-22-8-7-17(15)19(23)9-13-3-1-2-4-13/h5-8,11-13H,1-4,9-10H2. The van der Waals surface area contributed by atoms with Gasteiger partial charge >= 0.3 is 0 Å². The quantitative estimate of drug-likeness (QED) is 0.490. The summed E-state index contributed by atoms with van der Waals surface area (Å²) in [5.41, 5.74) is 2.12. The third-order valence-corrected chi connectivity index (χ3v) is 5.22. The van der Waals surface area contributed by atoms with Gasteiger partial charge in [-0.2, -0.15) is 0 Å². The van der Waals surface area contributed by atoms with Crippen LogP contribution in [0.4, 0.5) is 4.39 Å². The number of nitrogens with zero attached hydrogens (tertiary/aromatic N) is 1. The van der Waals surface area contributed by atoms with Crippen LogP contribution in [0, 0.1) is 15.3 Å². The second-order valence-electron chi connectivity index (χ2n) is 6.22. The van der Waals surface area contributed by atoms with E-state index in [0.29, 0.717) is 29.9 Å². The smallest absolute Gasteiger partial charge is 0.163 e. The van der Waals surface area contributed by atoms with Gasteiger partial charge in [0.05, 0.1) is 0 Å². The molecule has 1 aliphatic carbocycles. The Morgan fingerprint density at radius 2 is 2.00 bits per heavy atom. The summed E-state index contributed by atoms with van der Waals surface area (Å²) in [4.78, 5) is 16.8. The van der Waals surface area contributed by atoms with Gasteiger partial charge in [0.2, 0.25) is 0 Å². The first-order valence-electron chi connectivity index (χ1n) is 8.03. The maximum Gasteiger partial charge on any atom is 0.163 e. The topological polar surface area (TPSA) is 30.0 Å². The maximum absolute atomic E-state index is 14.1. The van der Waals surface area contributed by atoms with Crippen molar-refractivity contribution in [3.05, 3.63) is 62.7 Å². The third kappa shape index (κ3) is 4.16. The average Bonchev–Trinajstić information content (AvgIpc) is 3.03. The molecule has 0 spiro atoms. The number of halogens is 2. The highest BCUT2D eigenvalue weighted by Gasteiger charge is 2.21. The molecule has 2 aromatic rings. The van der Waals surface area contributed by atoms with E-state index in [1.807, 2.05) is 6.07 Å². The van der Waals surface area contributed by atoms with Crippen LogP contribution in [0.1, 0.15) is 53.6 Å². The molecule has 1 fully saturated rings. The van der Waals surface area contributed by atoms with Crippen LogP contribution in [0.3, 0.4) is 0 Å². The first kappa shape index (κ1) is 16.6. The van der Waals surface area contributed by atoms with Crippen molar-refractivity contribution in [3.63, 3.8) is 0 Å². The molecule has 1 aromatic heterocycles. The van der Waals surface area contributed by atoms with Gasteiger partial charge in [-0.3, -0.25) is 9.78 Å². The lowest BCUT2D eigenvalue weighted by Gasteiger charge is -2.12. The van der Waals surface area contributed by atoms with Crippen LogP contribution >= 0.6 is 22.6 Å². The largest absolute Gasteiger partial charge is 0.294 e. The molecule has 0 saturated heterocycles. The lowest BCUT2D eigenvalue weighted by Crippen LogP contribution is -2.10. The first-order chi connectivity index (χ1) is 11.1. The van der Waals surface area contributed by atoms with E-state index in [9.17, 15) is 9.18 Å². The van der Waals surface area contributed by atoms with E-state index in [-0.39, 0.29) is 11.6 Å². The summed E-state index contributed by atoms with van der Waals surface area (Å²) in [7, 11) is 0. The molecule has 0 atom stereocenters. The molecule has 1 saturated carbocycles. The number of rotatable bonds is 5. The Kier molecular flexibility index (Phi) is 5.41. The summed E-state index contributed by atoms with van der Waals surface area (Å²) >= 11 is 2.09. The van der Waals surface area contributed by atoms with E-state index in [1.54, 1.807) is 24.5 Å². The van der Waals surface area contributed by atoms with Crippen molar-refractivity contribution in [2.75, 3.05) is 0 Å². The van der Waals surface area contributed by atoms with Gasteiger partial charge in [-0.1, -0.05) is 31.7 Å². The number of carbonyl (C=O) groups is 1. The van der Waals surface area contributed by atoms with Crippen molar-refractivity contribution in [2.24, 2.45) is 5.92 Å². The van der Waals surface area contributed by atoms with Crippen LogP contribution < -0.4 is 0 Å². The number of ketones is 1. The molecule has 4 heteroatoms. The minimum absolute atomic E-state index is 0.167. The fourth-order valence-electron chi connectivity index (χ4n) is 3.30. The molecule has 2 nitrogen and oxygen atoms in total. The first-order valence-corrected chi connectivity index (χ1v) is 9.11. The Balaban J connectivity index is 1.81. The van der Waals surface area contributed by atoms with Gasteiger partial charge in [-0.05, 0) is 57.8 Å². The normalized spacial score (nSPS) is 15.0. The van der Waals surface area contributed by atoms with Crippen LogP contribution in [0.15, 0.2) is 36.7 Å². The zero-order chi connectivity index (χ0) is 16.2. The fourth-order valence-corrected chi connectivity index (χ4v) is 3.75. The minimum atomic E-state index is -0.227. The van der Waals surface area contributed by atoms with Crippen LogP contribution in [0.5, 0.6) is 0 Å². The van der Waals surface area contributed by atoms with Gasteiger partial charge in [0, 0.05) is 34.4 Å². The Labute approximate surface area is 149 Å². The van der Waals surface area contributed by atoms with Gasteiger partial charge in [0.1, 0.15) is 5.82 Å². The van der Waals surface area contributed by atoms with Crippen molar-refractivity contribution in [2.45, 2.75) is 38.5 Å². The second-order valence-corrected chi connectivity index (χ2v) is 7.47. The Morgan fingerprint density at radius 1 is 1.22 bits per heavy atom. The summed E-state index contributed by atoms with van der Waals surface area (Å²) in [6.45, 7) is 0. The number of pyridine rings is 1. The second kappa shape index (κ2) is 7.51. The predicted molar refractivity (Wildman–Crippen MR) is 97.1 cm³/mol. The summed E-state index contributed by atoms with van der Waals surface area (Å²) in [5.74, 6) is 0.453. The van der Waals surface area contributed by atoms with E-state index < -0.39 is 0 Å². The number of aromatic nitrogens is 1. The van der Waals surface area contributed by atoms with E-state index in [1.165, 1.54) is 18.9 Å². The Hall–Kier alpha value is -1.30. The van der Waals surface area contributed by atoms with Crippen LogP contribution in [0.25, 0.3) is 0 Å². The third-order valence-electron chi connectivity index (χ3n) is 4.55. The number of Topliss-reactive ketones (excluding diaryl/α,β-unsaturated/α-hetero) is 1. The van der Waals surface area contributed by atoms with Crippen molar-refractivity contribution < 1.29 is 9.18 Å². The molecule has 120 valence electrons. The van der Waals surface area contributed by atoms with E-state index in [2.05, 4.69) is 27.6 Å². The molecule has 1 heterocycles. The fraction of sp³-hybridized carbons (Fsp3) is 0.368. The number of hydrogen-bond acceptors (Lipinski definition) is 2. The average molecular weight is 423 g/mol. The van der Waals surface area contributed by atoms with Gasteiger partial charge in [0.25, 0.3) is 0 Å². The molecular weight excluding hydrogens is 404 g/mol. The van der Waals surface area contributed by atoms with Gasteiger partial charge in [-0.25, -0.2) is 4.39 Å². The molecule has 0 aliphatic heterocycles. The van der Waals surface area contributed by atoms with Crippen molar-refractivity contribution in [1.82, 2.24) is 4.98 Å². The van der Waals surface area contributed by atoms with Gasteiger partial charge < -0.3 is 0 Å². The summed E-state index contributed by atoms with van der Waals surface area (Å²) < 4.78 is 15.0. The Morgan fingerprint density at radius 3 is 2.74 bits per heavy atom. The highest BCUT2D eigenvalue weighted by molar-refractivity contribution is 14.1. The van der Waals surface area contributed by atoms with Crippen LogP contribution in [-0.2, 0) is 6.42 Å². The molecule has 0 bridgehead atoms. The highest BCUT2D eigenvalue weighted by Crippen LogP contribution is 2.29. The predicted octanol–water partition coefficient (Wildman–Crippen LogP) is 5.18. The number of carbonyl (C=O) groups excluding carboxylic acids is 1. The van der Waals surface area contributed by atoms with Crippen LogP contribution in [0.2, 0.25) is 0 Å². The molecule has 1 aliphatic rings. The molecule has 23 heavy (non-hydrogen) atoms. The van der Waals surface area contributed by atoms with Crippen molar-refractivity contribution >= 4 is 28.4 Å². The lowest BCUT2D eigenvalue weighted by atomic mass is 9.93. The molecule has 3 rings (SSSR count). The Bertz CT molecular complexity index is 710. The maximum atomic E-state index is 14.1. The lowest BCUT2D eigenvalue weighted by molar-refractivity contribution is 0.0961. The molecule has 1 aromatic carbocycles. The zero-order valence-electron chi connectivity index (χ0n) is 12.9. The number of hydrogen-bond donors (Lipinski definition) is 0. The molecule has 0 amide bonds. The highest BCUT2D eigenvalue weighted by atomic mass is 127. The monoisotopic (exact) mass is 423 g/mol. The van der Waals surface area contributed by atoms with Gasteiger partial charge in [0.15, 0.2) is 5.78 Å². The van der Waals surface area contributed by atoms with Crippen LogP contribution in [-0.4, -0.2) is 10.8 Å². The van der Waals surface area contributed by atoms with Crippen molar-refractivity contribution in [3.8, 4) is 0 Å². The van der Waals surface area contributed by atoms with E-state index in [0.717, 1.165) is 22.0 Å². The summed E-state index contributed by atoms with van der Waals surface area (Å²) in [5, 5.41) is 0. The molecular formula is C19H19FINO. The number of benzene rings is 1. The van der Waals surface area contributed by atoms with Gasteiger partial charge in [-0.15, -0.1) is 0 Å². The summed E-state index contributed by atoms with van der Waals surface area (Å²) in [6.07, 6.45) is 9.11. The summed E-state index contributed by atoms with van der Waals surface area (Å²) in [6, 6.07) is 6.97. The van der Waals surface area contributed by atoms with E-state index >= 15 is 0 Å². The van der Waals surface area contributed by atoms with E-state index in [4.69, 9.17) is 0 Å². The van der Waals surface area contributed by atoms with Crippen molar-refractivity contribution in [1.29, 1.82) is 0 Å². The zero-order valence-corrected chi connectivity index (χ0v) is 15.1. The molecule has 0 N–H and O–H groups in total. The minimum Gasteiger partial charge on any atom is -0.294 e.